The van der Waals surface area contributed by atoms with Crippen molar-refractivity contribution in [3.8, 4) is 17.3 Å². The molecule has 0 atom stereocenters. The predicted molar refractivity (Wildman–Crippen MR) is 100 cm³/mol. The van der Waals surface area contributed by atoms with E-state index in [2.05, 4.69) is 30.4 Å². The maximum absolute atomic E-state index is 12.4. The number of hydrogen-bond donors (Lipinski definition) is 1. The number of rotatable bonds is 6. The van der Waals surface area contributed by atoms with Gasteiger partial charge in [-0.05, 0) is 12.1 Å². The third kappa shape index (κ3) is 4.46. The highest BCUT2D eigenvalue weighted by Crippen LogP contribution is 2.19. The summed E-state index contributed by atoms with van der Waals surface area (Å²) in [6.45, 7) is 2.64. The van der Waals surface area contributed by atoms with Crippen molar-refractivity contribution in [1.82, 2.24) is 30.4 Å². The zero-order valence-electron chi connectivity index (χ0n) is 15.7. The van der Waals surface area contributed by atoms with Gasteiger partial charge in [-0.15, -0.1) is 0 Å². The van der Waals surface area contributed by atoms with Gasteiger partial charge < -0.3 is 24.2 Å². The number of anilines is 1. The van der Waals surface area contributed by atoms with Crippen molar-refractivity contribution in [3.05, 3.63) is 42.1 Å². The topological polar surface area (TPSA) is 128 Å². The van der Waals surface area contributed by atoms with Crippen LogP contribution in [0.4, 0.5) is 5.95 Å². The van der Waals surface area contributed by atoms with Crippen LogP contribution in [0.1, 0.15) is 16.3 Å². The van der Waals surface area contributed by atoms with E-state index in [-0.39, 0.29) is 18.2 Å². The Kier molecular flexibility index (Phi) is 5.56. The minimum atomic E-state index is -0.406. The van der Waals surface area contributed by atoms with Crippen LogP contribution >= 0.6 is 0 Å². The highest BCUT2D eigenvalue weighted by Gasteiger charge is 2.18. The zero-order chi connectivity index (χ0) is 20.1. The van der Waals surface area contributed by atoms with Crippen molar-refractivity contribution >= 4 is 11.9 Å². The second-order valence-corrected chi connectivity index (χ2v) is 6.14. The van der Waals surface area contributed by atoms with Gasteiger partial charge in [-0.2, -0.15) is 15.0 Å². The normalized spacial score (nSPS) is 13.9. The summed E-state index contributed by atoms with van der Waals surface area (Å²) in [7, 11) is 1.48. The fourth-order valence-electron chi connectivity index (χ4n) is 2.74. The first-order valence-corrected chi connectivity index (χ1v) is 9.00. The average molecular weight is 397 g/mol. The molecule has 1 aliphatic heterocycles. The summed E-state index contributed by atoms with van der Waals surface area (Å²) >= 11 is 0. The number of amides is 1. The molecule has 11 nitrogen and oxygen atoms in total. The summed E-state index contributed by atoms with van der Waals surface area (Å²) in [5, 5.41) is 6.55. The van der Waals surface area contributed by atoms with Crippen LogP contribution in [0.2, 0.25) is 0 Å². The van der Waals surface area contributed by atoms with Crippen molar-refractivity contribution in [2.45, 2.75) is 6.54 Å². The molecular formula is C18H19N7O4. The molecule has 150 valence electrons. The predicted octanol–water partition coefficient (Wildman–Crippen LogP) is 0.697. The van der Waals surface area contributed by atoms with Crippen LogP contribution in [-0.4, -0.2) is 64.4 Å². The fraction of sp³-hybridized carbons (Fsp3) is 0.333. The third-order valence-corrected chi connectivity index (χ3v) is 4.22. The molecule has 1 N–H and O–H groups in total. The minimum absolute atomic E-state index is 0.0874. The zero-order valence-corrected chi connectivity index (χ0v) is 15.7. The van der Waals surface area contributed by atoms with Crippen molar-refractivity contribution in [2.75, 3.05) is 38.3 Å². The molecule has 1 amide bonds. The fourth-order valence-corrected chi connectivity index (χ4v) is 2.74. The lowest BCUT2D eigenvalue weighted by Crippen LogP contribution is -2.37. The first-order valence-electron chi connectivity index (χ1n) is 9.00. The number of hydrogen-bond acceptors (Lipinski definition) is 10. The quantitative estimate of drug-likeness (QED) is 0.634. The van der Waals surface area contributed by atoms with Gasteiger partial charge in [-0.3, -0.25) is 9.78 Å². The van der Waals surface area contributed by atoms with E-state index in [0.29, 0.717) is 43.8 Å². The molecule has 0 unspecified atom stereocenters. The third-order valence-electron chi connectivity index (χ3n) is 4.22. The van der Waals surface area contributed by atoms with E-state index in [1.165, 1.54) is 7.11 Å². The van der Waals surface area contributed by atoms with Crippen LogP contribution in [0.25, 0.3) is 11.3 Å². The Balaban J connectivity index is 1.44. The van der Waals surface area contributed by atoms with Crippen LogP contribution in [0.3, 0.4) is 0 Å². The lowest BCUT2D eigenvalue weighted by atomic mass is 10.2. The van der Waals surface area contributed by atoms with E-state index in [1.54, 1.807) is 24.5 Å². The Hall–Kier alpha value is -3.60. The van der Waals surface area contributed by atoms with Crippen LogP contribution in [-0.2, 0) is 11.3 Å². The van der Waals surface area contributed by atoms with Gasteiger partial charge in [-0.25, -0.2) is 0 Å². The number of pyridine rings is 1. The molecule has 29 heavy (non-hydrogen) atoms. The molecule has 0 aromatic carbocycles. The molecule has 1 saturated heterocycles. The van der Waals surface area contributed by atoms with E-state index in [4.69, 9.17) is 14.0 Å². The molecule has 11 heteroatoms. The molecular weight excluding hydrogens is 378 g/mol. The first kappa shape index (κ1) is 18.7. The Bertz CT molecular complexity index is 973. The molecule has 1 aliphatic rings. The lowest BCUT2D eigenvalue weighted by Gasteiger charge is -2.26. The van der Waals surface area contributed by atoms with Crippen LogP contribution < -0.4 is 15.0 Å². The standard InChI is InChI=1S/C18H19N7O4/c1-27-18-22-15(21-17(23-18)25-5-7-28-8-6-25)11-20-16(26)13-9-14(29-24-13)12-3-2-4-19-10-12/h2-4,9-10H,5-8,11H2,1H3,(H,20,26). The van der Waals surface area contributed by atoms with Crippen LogP contribution in [0.5, 0.6) is 6.01 Å². The first-order chi connectivity index (χ1) is 14.2. The minimum Gasteiger partial charge on any atom is -0.467 e. The van der Waals surface area contributed by atoms with Gasteiger partial charge >= 0.3 is 6.01 Å². The number of ether oxygens (including phenoxy) is 2. The van der Waals surface area contributed by atoms with Gasteiger partial charge in [0.1, 0.15) is 0 Å². The molecule has 0 aliphatic carbocycles. The number of nitrogens with zero attached hydrogens (tertiary/aromatic N) is 6. The molecule has 0 radical (unpaired) electrons. The van der Waals surface area contributed by atoms with E-state index < -0.39 is 5.91 Å². The van der Waals surface area contributed by atoms with E-state index in [1.807, 2.05) is 11.0 Å². The monoisotopic (exact) mass is 397 g/mol. The van der Waals surface area contributed by atoms with E-state index in [9.17, 15) is 4.79 Å². The van der Waals surface area contributed by atoms with Gasteiger partial charge in [0.15, 0.2) is 17.3 Å². The smallest absolute Gasteiger partial charge is 0.321 e. The SMILES string of the molecule is COc1nc(CNC(=O)c2cc(-c3cccnc3)on2)nc(N2CCOCC2)n1. The summed E-state index contributed by atoms with van der Waals surface area (Å²) in [5.74, 6) is 0.920. The Morgan fingerprint density at radius 2 is 2.14 bits per heavy atom. The molecule has 0 spiro atoms. The molecule has 0 bridgehead atoms. The van der Waals surface area contributed by atoms with E-state index >= 15 is 0 Å². The molecule has 1 fully saturated rings. The van der Waals surface area contributed by atoms with E-state index in [0.717, 1.165) is 5.56 Å². The Morgan fingerprint density at radius 1 is 1.28 bits per heavy atom. The van der Waals surface area contributed by atoms with Crippen LogP contribution in [0, 0.1) is 0 Å². The maximum atomic E-state index is 12.4. The van der Waals surface area contributed by atoms with Gasteiger partial charge in [0.05, 0.1) is 26.9 Å². The number of nitrogens with one attached hydrogen (secondary N) is 1. The van der Waals surface area contributed by atoms with Crippen molar-refractivity contribution in [3.63, 3.8) is 0 Å². The number of methoxy groups -OCH3 is 1. The summed E-state index contributed by atoms with van der Waals surface area (Å²) in [4.78, 5) is 31.3. The Labute approximate surface area is 166 Å². The summed E-state index contributed by atoms with van der Waals surface area (Å²) in [6, 6.07) is 5.34. The highest BCUT2D eigenvalue weighted by atomic mass is 16.5. The second-order valence-electron chi connectivity index (χ2n) is 6.14. The highest BCUT2D eigenvalue weighted by molar-refractivity contribution is 5.92. The summed E-state index contributed by atoms with van der Waals surface area (Å²) in [6.07, 6.45) is 3.29. The molecule has 0 saturated carbocycles. The number of morpholine rings is 1. The number of aromatic nitrogens is 5. The van der Waals surface area contributed by atoms with Gasteiger partial charge in [-0.1, -0.05) is 5.16 Å². The van der Waals surface area contributed by atoms with Gasteiger partial charge in [0, 0.05) is 37.1 Å². The van der Waals surface area contributed by atoms with Crippen molar-refractivity contribution in [1.29, 1.82) is 0 Å². The van der Waals surface area contributed by atoms with Gasteiger partial charge in [0.25, 0.3) is 5.91 Å². The Morgan fingerprint density at radius 3 is 2.90 bits per heavy atom. The molecule has 3 aromatic rings. The molecule has 3 aromatic heterocycles. The number of carbonyl (C=O) groups excluding carboxylic acids is 1. The second kappa shape index (κ2) is 8.61. The summed E-state index contributed by atoms with van der Waals surface area (Å²) in [5.41, 5.74) is 0.884. The largest absolute Gasteiger partial charge is 0.467 e. The summed E-state index contributed by atoms with van der Waals surface area (Å²) < 4.78 is 15.7. The average Bonchev–Trinajstić information content (AvgIpc) is 3.29. The van der Waals surface area contributed by atoms with Gasteiger partial charge in [0.2, 0.25) is 5.95 Å². The molecule has 4 heterocycles. The number of carbonyl (C=O) groups is 1. The van der Waals surface area contributed by atoms with Crippen LogP contribution in [0.15, 0.2) is 35.1 Å². The lowest BCUT2D eigenvalue weighted by molar-refractivity contribution is 0.0940. The van der Waals surface area contributed by atoms with Crippen molar-refractivity contribution < 1.29 is 18.8 Å². The molecule has 4 rings (SSSR count). The maximum Gasteiger partial charge on any atom is 0.321 e. The van der Waals surface area contributed by atoms with Crippen molar-refractivity contribution in [2.24, 2.45) is 0 Å².